The summed E-state index contributed by atoms with van der Waals surface area (Å²) in [6.07, 6.45) is 3.80. The van der Waals surface area contributed by atoms with Gasteiger partial charge in [0.2, 0.25) is 0 Å². The fourth-order valence-electron chi connectivity index (χ4n) is 3.30. The minimum atomic E-state index is -0.858. The van der Waals surface area contributed by atoms with Gasteiger partial charge in [0, 0.05) is 6.61 Å². The van der Waals surface area contributed by atoms with E-state index in [-0.39, 0.29) is 6.04 Å². The van der Waals surface area contributed by atoms with Crippen molar-refractivity contribution in [3.8, 4) is 0 Å². The number of hydrogen-bond acceptors (Lipinski definition) is 3. The van der Waals surface area contributed by atoms with Crippen LogP contribution in [0.15, 0.2) is 18.2 Å². The molecular weight excluding hydrogens is 274 g/mol. The van der Waals surface area contributed by atoms with Gasteiger partial charge in [-0.1, -0.05) is 13.0 Å². The average Bonchev–Trinajstić information content (AvgIpc) is 2.47. The van der Waals surface area contributed by atoms with Crippen molar-refractivity contribution < 1.29 is 13.5 Å². The fraction of sp³-hybridized carbons (Fsp3) is 0.625. The molecule has 21 heavy (non-hydrogen) atoms. The first kappa shape index (κ1) is 16.3. The molecule has 2 rings (SSSR count). The summed E-state index contributed by atoms with van der Waals surface area (Å²) in [6, 6.07) is 3.57. The van der Waals surface area contributed by atoms with E-state index in [0.717, 1.165) is 31.7 Å². The second-order valence-electron chi connectivity index (χ2n) is 5.95. The summed E-state index contributed by atoms with van der Waals surface area (Å²) in [4.78, 5) is 0. The Morgan fingerprint density at radius 1 is 1.33 bits per heavy atom. The van der Waals surface area contributed by atoms with Gasteiger partial charge in [-0.05, 0) is 56.2 Å². The Morgan fingerprint density at radius 2 is 2.00 bits per heavy atom. The van der Waals surface area contributed by atoms with Crippen molar-refractivity contribution in [1.82, 2.24) is 5.43 Å². The Hall–Kier alpha value is -1.04. The molecule has 0 spiro atoms. The molecule has 0 amide bonds. The molecule has 0 heterocycles. The van der Waals surface area contributed by atoms with Crippen molar-refractivity contribution >= 4 is 0 Å². The summed E-state index contributed by atoms with van der Waals surface area (Å²) >= 11 is 0. The summed E-state index contributed by atoms with van der Waals surface area (Å²) in [6.45, 7) is 4.73. The molecule has 0 radical (unpaired) electrons. The number of benzene rings is 1. The average molecular weight is 298 g/mol. The zero-order valence-electron chi connectivity index (χ0n) is 12.7. The summed E-state index contributed by atoms with van der Waals surface area (Å²) in [5, 5.41) is 0. The van der Waals surface area contributed by atoms with E-state index >= 15 is 0 Å². The van der Waals surface area contributed by atoms with Gasteiger partial charge in [0.25, 0.3) is 0 Å². The number of rotatable bonds is 5. The van der Waals surface area contributed by atoms with Crippen molar-refractivity contribution in [3.05, 3.63) is 35.4 Å². The predicted octanol–water partition coefficient (Wildman–Crippen LogP) is 3.45. The van der Waals surface area contributed by atoms with E-state index < -0.39 is 17.2 Å². The Balaban J connectivity index is 2.33. The van der Waals surface area contributed by atoms with Crippen LogP contribution in [-0.4, -0.2) is 12.2 Å². The molecule has 0 saturated heterocycles. The van der Waals surface area contributed by atoms with E-state index in [1.165, 1.54) is 6.07 Å². The first-order valence-corrected chi connectivity index (χ1v) is 7.57. The molecule has 1 aliphatic rings. The minimum Gasteiger partial charge on any atom is -0.373 e. The second kappa shape index (κ2) is 6.81. The van der Waals surface area contributed by atoms with Crippen molar-refractivity contribution in [2.75, 3.05) is 6.61 Å². The number of hydrazine groups is 1. The topological polar surface area (TPSA) is 47.3 Å². The molecule has 0 aromatic heterocycles. The Labute approximate surface area is 124 Å². The normalized spacial score (nSPS) is 27.6. The molecule has 0 bridgehead atoms. The van der Waals surface area contributed by atoms with Crippen molar-refractivity contribution in [2.45, 2.75) is 51.2 Å². The molecular formula is C16H24F2N2O. The van der Waals surface area contributed by atoms with Gasteiger partial charge < -0.3 is 4.74 Å². The molecule has 1 unspecified atom stereocenters. The van der Waals surface area contributed by atoms with E-state index in [4.69, 9.17) is 10.6 Å². The molecule has 3 nitrogen and oxygen atoms in total. The van der Waals surface area contributed by atoms with E-state index in [1.54, 1.807) is 6.07 Å². The summed E-state index contributed by atoms with van der Waals surface area (Å²) < 4.78 is 32.7. The van der Waals surface area contributed by atoms with Crippen LogP contribution in [-0.2, 0) is 4.74 Å². The lowest BCUT2D eigenvalue weighted by Crippen LogP contribution is -2.50. The maximum Gasteiger partial charge on any atom is 0.159 e. The van der Waals surface area contributed by atoms with E-state index in [2.05, 4.69) is 12.3 Å². The van der Waals surface area contributed by atoms with E-state index in [1.807, 2.05) is 6.92 Å². The highest BCUT2D eigenvalue weighted by Crippen LogP contribution is 2.43. The lowest BCUT2D eigenvalue weighted by molar-refractivity contribution is -0.0977. The van der Waals surface area contributed by atoms with Crippen LogP contribution in [0, 0.1) is 17.6 Å². The smallest absolute Gasteiger partial charge is 0.159 e. The number of ether oxygens (including phenoxy) is 1. The molecule has 1 aliphatic carbocycles. The molecule has 0 aliphatic heterocycles. The first-order chi connectivity index (χ1) is 10.0. The quantitative estimate of drug-likeness (QED) is 0.646. The maximum absolute atomic E-state index is 13.5. The van der Waals surface area contributed by atoms with Crippen LogP contribution in [0.2, 0.25) is 0 Å². The van der Waals surface area contributed by atoms with E-state index in [0.29, 0.717) is 18.1 Å². The van der Waals surface area contributed by atoms with Gasteiger partial charge in [-0.2, -0.15) is 0 Å². The first-order valence-electron chi connectivity index (χ1n) is 7.57. The molecule has 1 saturated carbocycles. The van der Waals surface area contributed by atoms with Crippen LogP contribution in [0.4, 0.5) is 8.78 Å². The lowest BCUT2D eigenvalue weighted by Gasteiger charge is -2.44. The third-order valence-electron chi connectivity index (χ3n) is 4.52. The van der Waals surface area contributed by atoms with Gasteiger partial charge in [0.15, 0.2) is 11.6 Å². The van der Waals surface area contributed by atoms with Gasteiger partial charge in [-0.3, -0.25) is 11.3 Å². The van der Waals surface area contributed by atoms with Crippen LogP contribution >= 0.6 is 0 Å². The number of hydrogen-bond donors (Lipinski definition) is 2. The van der Waals surface area contributed by atoms with Gasteiger partial charge in [0.05, 0.1) is 11.6 Å². The molecule has 5 heteroatoms. The molecule has 118 valence electrons. The second-order valence-corrected chi connectivity index (χ2v) is 5.95. The number of nitrogens with two attached hydrogens (primary N) is 1. The summed E-state index contributed by atoms with van der Waals surface area (Å²) in [5.74, 6) is 4.67. The number of halogens is 2. The zero-order chi connectivity index (χ0) is 15.5. The zero-order valence-corrected chi connectivity index (χ0v) is 12.7. The Kier molecular flexibility index (Phi) is 5.30. The van der Waals surface area contributed by atoms with E-state index in [9.17, 15) is 8.78 Å². The predicted molar refractivity (Wildman–Crippen MR) is 78.4 cm³/mol. The minimum absolute atomic E-state index is 0.347. The Morgan fingerprint density at radius 3 is 2.52 bits per heavy atom. The van der Waals surface area contributed by atoms with Gasteiger partial charge in [0.1, 0.15) is 0 Å². The van der Waals surface area contributed by atoms with Gasteiger partial charge in [-0.25, -0.2) is 8.78 Å². The molecule has 1 aromatic carbocycles. The standard InChI is InChI=1S/C16H24F2N2O/c1-3-21-16(8-6-11(2)7-9-16)15(20-19)12-4-5-13(17)14(18)10-12/h4-5,10-11,15,20H,3,6-9,19H2,1-2H3. The highest BCUT2D eigenvalue weighted by atomic mass is 19.2. The molecule has 1 aromatic rings. The highest BCUT2D eigenvalue weighted by molar-refractivity contribution is 5.24. The molecule has 1 fully saturated rings. The van der Waals surface area contributed by atoms with Gasteiger partial charge >= 0.3 is 0 Å². The molecule has 3 N–H and O–H groups in total. The van der Waals surface area contributed by atoms with Gasteiger partial charge in [-0.15, -0.1) is 0 Å². The van der Waals surface area contributed by atoms with Crippen molar-refractivity contribution in [2.24, 2.45) is 11.8 Å². The summed E-state index contributed by atoms with van der Waals surface area (Å²) in [5.41, 5.74) is 2.93. The fourth-order valence-corrected chi connectivity index (χ4v) is 3.30. The van der Waals surface area contributed by atoms with Crippen molar-refractivity contribution in [1.29, 1.82) is 0 Å². The maximum atomic E-state index is 13.5. The van der Waals surface area contributed by atoms with Crippen LogP contribution in [0.3, 0.4) is 0 Å². The number of nitrogens with one attached hydrogen (secondary N) is 1. The largest absolute Gasteiger partial charge is 0.373 e. The van der Waals surface area contributed by atoms with Crippen molar-refractivity contribution in [3.63, 3.8) is 0 Å². The third kappa shape index (κ3) is 3.42. The summed E-state index contributed by atoms with van der Waals surface area (Å²) in [7, 11) is 0. The van der Waals surface area contributed by atoms with Crippen LogP contribution in [0.25, 0.3) is 0 Å². The highest BCUT2D eigenvalue weighted by Gasteiger charge is 2.42. The van der Waals surface area contributed by atoms with Crippen LogP contribution in [0.1, 0.15) is 51.1 Å². The molecule has 1 atom stereocenters. The van der Waals surface area contributed by atoms with Crippen LogP contribution < -0.4 is 11.3 Å². The van der Waals surface area contributed by atoms with Crippen LogP contribution in [0.5, 0.6) is 0 Å². The SMILES string of the molecule is CCOC1(C(NN)c2ccc(F)c(F)c2)CCC(C)CC1. The Bertz CT molecular complexity index is 473. The third-order valence-corrected chi connectivity index (χ3v) is 4.52. The monoisotopic (exact) mass is 298 g/mol. The lowest BCUT2D eigenvalue weighted by atomic mass is 9.73.